The van der Waals surface area contributed by atoms with Gasteiger partial charge in [-0.1, -0.05) is 50.3 Å². The molecular formula is C28H33N7O. The van der Waals surface area contributed by atoms with Gasteiger partial charge in [-0.15, -0.1) is 6.58 Å². The average molecular weight is 484 g/mol. The third-order valence-electron chi connectivity index (χ3n) is 6.08. The molecule has 0 spiro atoms. The molecule has 0 saturated carbocycles. The first-order valence-corrected chi connectivity index (χ1v) is 12.4. The van der Waals surface area contributed by atoms with E-state index in [0.717, 1.165) is 41.1 Å². The van der Waals surface area contributed by atoms with Crippen molar-refractivity contribution in [2.45, 2.75) is 26.4 Å². The highest BCUT2D eigenvalue weighted by molar-refractivity contribution is 5.90. The Bertz CT molecular complexity index is 1280. The molecule has 1 amide bonds. The van der Waals surface area contributed by atoms with E-state index in [-0.39, 0.29) is 11.9 Å². The lowest BCUT2D eigenvalue weighted by molar-refractivity contribution is -0.126. The highest BCUT2D eigenvalue weighted by atomic mass is 16.2. The van der Waals surface area contributed by atoms with Crippen LogP contribution >= 0.6 is 0 Å². The molecule has 5 rings (SSSR count). The Morgan fingerprint density at radius 2 is 1.86 bits per heavy atom. The first-order chi connectivity index (χ1) is 17.7. The molecule has 4 aromatic rings. The number of nitrogens with one attached hydrogen (secondary N) is 1. The molecule has 1 N–H and O–H groups in total. The van der Waals surface area contributed by atoms with E-state index >= 15 is 0 Å². The van der Waals surface area contributed by atoms with Crippen LogP contribution in [0.15, 0.2) is 86.0 Å². The predicted molar refractivity (Wildman–Crippen MR) is 144 cm³/mol. The Morgan fingerprint density at radius 3 is 2.67 bits per heavy atom. The van der Waals surface area contributed by atoms with E-state index in [9.17, 15) is 4.79 Å². The molecular weight excluding hydrogens is 450 g/mol. The van der Waals surface area contributed by atoms with Crippen LogP contribution in [0.4, 0.5) is 5.82 Å². The summed E-state index contributed by atoms with van der Waals surface area (Å²) >= 11 is 0. The van der Waals surface area contributed by atoms with Crippen molar-refractivity contribution in [2.24, 2.45) is 0 Å². The number of para-hydroxylation sites is 2. The maximum Gasteiger partial charge on any atom is 0.239 e. The van der Waals surface area contributed by atoms with Crippen LogP contribution in [-0.4, -0.2) is 62.8 Å². The lowest BCUT2D eigenvalue weighted by Gasteiger charge is -2.41. The number of hydrogen-bond acceptors (Lipinski definition) is 6. The van der Waals surface area contributed by atoms with Gasteiger partial charge in [0.05, 0.1) is 17.4 Å². The molecule has 0 aliphatic carbocycles. The van der Waals surface area contributed by atoms with Crippen LogP contribution in [0.25, 0.3) is 16.6 Å². The number of anilines is 1. The van der Waals surface area contributed by atoms with E-state index < -0.39 is 0 Å². The lowest BCUT2D eigenvalue weighted by atomic mass is 10.1. The van der Waals surface area contributed by atoms with Crippen LogP contribution in [0.1, 0.15) is 19.4 Å². The molecule has 8 heteroatoms. The van der Waals surface area contributed by atoms with Gasteiger partial charge in [0.15, 0.2) is 0 Å². The summed E-state index contributed by atoms with van der Waals surface area (Å²) in [5, 5.41) is 8.49. The van der Waals surface area contributed by atoms with E-state index in [0.29, 0.717) is 19.6 Å². The van der Waals surface area contributed by atoms with Gasteiger partial charge in [0.2, 0.25) is 5.91 Å². The van der Waals surface area contributed by atoms with Crippen molar-refractivity contribution < 1.29 is 4.79 Å². The number of fused-ring (bicyclic) bond motifs is 1. The number of benzene rings is 2. The zero-order valence-electron chi connectivity index (χ0n) is 20.9. The van der Waals surface area contributed by atoms with Crippen LogP contribution in [0, 0.1) is 0 Å². The van der Waals surface area contributed by atoms with Crippen molar-refractivity contribution in [3.05, 3.63) is 91.5 Å². The second kappa shape index (κ2) is 12.1. The van der Waals surface area contributed by atoms with Gasteiger partial charge in [0.25, 0.3) is 0 Å². The molecule has 0 bridgehead atoms. The van der Waals surface area contributed by atoms with Gasteiger partial charge >= 0.3 is 0 Å². The van der Waals surface area contributed by atoms with Crippen LogP contribution in [0.5, 0.6) is 0 Å². The van der Waals surface area contributed by atoms with Crippen molar-refractivity contribution in [2.75, 3.05) is 31.1 Å². The zero-order chi connectivity index (χ0) is 25.3. The lowest BCUT2D eigenvalue weighted by Crippen LogP contribution is -2.59. The SMILES string of the molecule is C=CCNC(=O)C1CN(c2ncnc3ccccc23)CCN1Cc1cnn(-c2ccccc2)c1.CC. The molecule has 8 nitrogen and oxygen atoms in total. The summed E-state index contributed by atoms with van der Waals surface area (Å²) in [6, 6.07) is 17.7. The fourth-order valence-corrected chi connectivity index (χ4v) is 4.38. The van der Waals surface area contributed by atoms with E-state index in [2.05, 4.69) is 36.8 Å². The number of nitrogens with zero attached hydrogens (tertiary/aromatic N) is 6. The smallest absolute Gasteiger partial charge is 0.239 e. The molecule has 1 unspecified atom stereocenters. The summed E-state index contributed by atoms with van der Waals surface area (Å²) in [5.74, 6) is 0.849. The van der Waals surface area contributed by atoms with E-state index in [1.807, 2.05) is 85.5 Å². The minimum absolute atomic E-state index is 0.0154. The minimum Gasteiger partial charge on any atom is -0.353 e. The Balaban J connectivity index is 0.00000148. The molecule has 1 aliphatic rings. The number of rotatable bonds is 7. The summed E-state index contributed by atoms with van der Waals surface area (Å²) in [4.78, 5) is 26.5. The summed E-state index contributed by atoms with van der Waals surface area (Å²) in [7, 11) is 0. The largest absolute Gasteiger partial charge is 0.353 e. The first kappa shape index (κ1) is 25.1. The number of piperazine rings is 1. The maximum atomic E-state index is 13.1. The topological polar surface area (TPSA) is 79.2 Å². The molecule has 1 atom stereocenters. The first-order valence-electron chi connectivity index (χ1n) is 12.4. The second-order valence-corrected chi connectivity index (χ2v) is 8.31. The molecule has 1 fully saturated rings. The zero-order valence-corrected chi connectivity index (χ0v) is 20.9. The number of amides is 1. The van der Waals surface area contributed by atoms with Gasteiger partial charge in [0, 0.05) is 49.9 Å². The van der Waals surface area contributed by atoms with Crippen molar-refractivity contribution >= 4 is 22.6 Å². The van der Waals surface area contributed by atoms with Crippen molar-refractivity contribution in [1.82, 2.24) is 30.0 Å². The summed E-state index contributed by atoms with van der Waals surface area (Å²) in [5.41, 5.74) is 2.97. The molecule has 1 saturated heterocycles. The molecule has 3 heterocycles. The quantitative estimate of drug-likeness (QED) is 0.403. The van der Waals surface area contributed by atoms with Crippen LogP contribution in [0.3, 0.4) is 0 Å². The highest BCUT2D eigenvalue weighted by Gasteiger charge is 2.33. The van der Waals surface area contributed by atoms with Crippen molar-refractivity contribution in [1.29, 1.82) is 0 Å². The fraction of sp³-hybridized carbons (Fsp3) is 0.286. The number of carbonyl (C=O) groups is 1. The summed E-state index contributed by atoms with van der Waals surface area (Å²) in [6.45, 7) is 10.8. The fourth-order valence-electron chi connectivity index (χ4n) is 4.38. The molecule has 2 aromatic heterocycles. The summed E-state index contributed by atoms with van der Waals surface area (Å²) < 4.78 is 1.87. The maximum absolute atomic E-state index is 13.1. The van der Waals surface area contributed by atoms with Crippen molar-refractivity contribution in [3.63, 3.8) is 0 Å². The second-order valence-electron chi connectivity index (χ2n) is 8.31. The molecule has 186 valence electrons. The predicted octanol–water partition coefficient (Wildman–Crippen LogP) is 3.83. The van der Waals surface area contributed by atoms with Gasteiger partial charge < -0.3 is 10.2 Å². The third-order valence-corrected chi connectivity index (χ3v) is 6.08. The monoisotopic (exact) mass is 483 g/mol. The van der Waals surface area contributed by atoms with E-state index in [1.54, 1.807) is 12.4 Å². The molecule has 36 heavy (non-hydrogen) atoms. The van der Waals surface area contributed by atoms with Crippen LogP contribution < -0.4 is 10.2 Å². The van der Waals surface area contributed by atoms with Gasteiger partial charge in [-0.05, 0) is 24.3 Å². The van der Waals surface area contributed by atoms with Gasteiger partial charge in [0.1, 0.15) is 18.2 Å². The third kappa shape index (κ3) is 5.60. The Kier molecular flexibility index (Phi) is 8.41. The Labute approximate surface area is 212 Å². The number of hydrogen-bond donors (Lipinski definition) is 1. The van der Waals surface area contributed by atoms with Gasteiger partial charge in [-0.25, -0.2) is 14.6 Å². The average Bonchev–Trinajstić information content (AvgIpc) is 3.42. The molecule has 2 aromatic carbocycles. The standard InChI is InChI=1S/C26H27N7O.C2H6/c1-2-12-27-26(34)24-18-32(25-22-10-6-7-11-23(22)28-19-29-25)14-13-31(24)16-20-15-30-33(17-20)21-8-4-3-5-9-21;1-2/h2-11,15,17,19,24H,1,12-14,16,18H2,(H,27,34);1-2H3. The number of aromatic nitrogens is 4. The van der Waals surface area contributed by atoms with Gasteiger partial charge in [-0.2, -0.15) is 5.10 Å². The highest BCUT2D eigenvalue weighted by Crippen LogP contribution is 2.26. The Hall–Kier alpha value is -4.04. The molecule has 0 radical (unpaired) electrons. The van der Waals surface area contributed by atoms with Crippen LogP contribution in [0.2, 0.25) is 0 Å². The van der Waals surface area contributed by atoms with Crippen LogP contribution in [-0.2, 0) is 11.3 Å². The molecule has 1 aliphatic heterocycles. The van der Waals surface area contributed by atoms with E-state index in [1.165, 1.54) is 0 Å². The number of carbonyl (C=O) groups excluding carboxylic acids is 1. The van der Waals surface area contributed by atoms with E-state index in [4.69, 9.17) is 0 Å². The minimum atomic E-state index is -0.331. The summed E-state index contributed by atoms with van der Waals surface area (Å²) in [6.07, 6.45) is 7.19. The van der Waals surface area contributed by atoms with Crippen molar-refractivity contribution in [3.8, 4) is 5.69 Å². The van der Waals surface area contributed by atoms with Gasteiger partial charge in [-0.3, -0.25) is 9.69 Å². The Morgan fingerprint density at radius 1 is 1.08 bits per heavy atom. The normalized spacial score (nSPS) is 15.7.